The van der Waals surface area contributed by atoms with Crippen molar-refractivity contribution in [2.45, 2.75) is 37.4 Å². The lowest BCUT2D eigenvalue weighted by molar-refractivity contribution is -0.105. The second-order valence-electron chi connectivity index (χ2n) is 3.12. The second-order valence-corrected chi connectivity index (χ2v) is 3.12. The largest absolute Gasteiger partial charge is 0.394 e. The minimum atomic E-state index is -0.525. The molecule has 0 radical (unpaired) electrons. The molecule has 64 valence electrons. The number of ether oxygens (including phenoxy) is 2. The molecule has 4 nitrogen and oxygen atoms in total. The summed E-state index contributed by atoms with van der Waals surface area (Å²) in [5.41, 5.74) is 0. The van der Waals surface area contributed by atoms with Gasteiger partial charge in [-0.25, -0.2) is 0 Å². The summed E-state index contributed by atoms with van der Waals surface area (Å²) >= 11 is 0. The molecule has 2 aliphatic rings. The zero-order valence-corrected chi connectivity index (χ0v) is 6.30. The normalized spacial score (nSPS) is 55.4. The van der Waals surface area contributed by atoms with Gasteiger partial charge in [-0.2, -0.15) is 0 Å². The molecular formula is C7H12O4. The SMILES string of the molecule is CC1OC(CO)C2OC2C1O. The molecule has 0 aromatic heterocycles. The zero-order chi connectivity index (χ0) is 8.01. The van der Waals surface area contributed by atoms with Gasteiger partial charge in [0.1, 0.15) is 24.4 Å². The van der Waals surface area contributed by atoms with E-state index in [1.54, 1.807) is 6.92 Å². The number of hydrogen-bond acceptors (Lipinski definition) is 4. The van der Waals surface area contributed by atoms with E-state index < -0.39 is 6.10 Å². The Morgan fingerprint density at radius 1 is 1.27 bits per heavy atom. The molecule has 5 unspecified atom stereocenters. The van der Waals surface area contributed by atoms with Crippen molar-refractivity contribution in [3.05, 3.63) is 0 Å². The van der Waals surface area contributed by atoms with Crippen molar-refractivity contribution in [2.24, 2.45) is 0 Å². The molecule has 0 aromatic rings. The minimum absolute atomic E-state index is 0.0295. The standard InChI is InChI=1S/C7H12O4/c1-3-5(9)7-6(11-7)4(2-8)10-3/h3-9H,2H2,1H3. The van der Waals surface area contributed by atoms with E-state index in [2.05, 4.69) is 0 Å². The molecule has 2 saturated heterocycles. The van der Waals surface area contributed by atoms with Gasteiger partial charge >= 0.3 is 0 Å². The molecule has 4 heteroatoms. The molecular weight excluding hydrogens is 148 g/mol. The van der Waals surface area contributed by atoms with Crippen LogP contribution in [-0.4, -0.2) is 47.3 Å². The van der Waals surface area contributed by atoms with Crippen LogP contribution in [0.25, 0.3) is 0 Å². The van der Waals surface area contributed by atoms with Crippen LogP contribution in [0.3, 0.4) is 0 Å². The Kier molecular flexibility index (Phi) is 1.64. The Hall–Kier alpha value is -0.160. The van der Waals surface area contributed by atoms with Gasteiger partial charge in [-0.05, 0) is 6.92 Å². The third-order valence-electron chi connectivity index (χ3n) is 2.31. The molecule has 0 aliphatic carbocycles. The van der Waals surface area contributed by atoms with Crippen molar-refractivity contribution in [2.75, 3.05) is 6.61 Å². The highest BCUT2D eigenvalue weighted by atomic mass is 16.7. The average Bonchev–Trinajstić information content (AvgIpc) is 2.76. The lowest BCUT2D eigenvalue weighted by Gasteiger charge is -2.27. The summed E-state index contributed by atoms with van der Waals surface area (Å²) in [5.74, 6) is 0. The van der Waals surface area contributed by atoms with Crippen LogP contribution in [0.5, 0.6) is 0 Å². The molecule has 2 rings (SSSR count). The first-order valence-electron chi connectivity index (χ1n) is 3.84. The van der Waals surface area contributed by atoms with Crippen LogP contribution in [-0.2, 0) is 9.47 Å². The van der Waals surface area contributed by atoms with Crippen molar-refractivity contribution in [3.8, 4) is 0 Å². The van der Waals surface area contributed by atoms with Crippen LogP contribution in [0.1, 0.15) is 6.92 Å². The highest BCUT2D eigenvalue weighted by molar-refractivity contribution is 5.01. The first-order chi connectivity index (χ1) is 5.24. The van der Waals surface area contributed by atoms with E-state index in [-0.39, 0.29) is 31.0 Å². The summed E-state index contributed by atoms with van der Waals surface area (Å²) in [6.45, 7) is 1.75. The van der Waals surface area contributed by atoms with Gasteiger partial charge in [0.2, 0.25) is 0 Å². The predicted molar refractivity (Wildman–Crippen MR) is 36.1 cm³/mol. The summed E-state index contributed by atoms with van der Waals surface area (Å²) in [6.07, 6.45) is -1.17. The number of aliphatic hydroxyl groups is 2. The summed E-state index contributed by atoms with van der Waals surface area (Å²) in [7, 11) is 0. The third kappa shape index (κ3) is 1.06. The number of aliphatic hydroxyl groups excluding tert-OH is 2. The Balaban J connectivity index is 2.02. The number of epoxide rings is 1. The highest BCUT2D eigenvalue weighted by Gasteiger charge is 2.55. The van der Waals surface area contributed by atoms with Crippen LogP contribution in [0.4, 0.5) is 0 Å². The fourth-order valence-electron chi connectivity index (χ4n) is 1.56. The lowest BCUT2D eigenvalue weighted by Crippen LogP contribution is -2.44. The van der Waals surface area contributed by atoms with E-state index in [4.69, 9.17) is 14.6 Å². The van der Waals surface area contributed by atoms with Crippen molar-refractivity contribution in [3.63, 3.8) is 0 Å². The Morgan fingerprint density at radius 3 is 2.64 bits per heavy atom. The van der Waals surface area contributed by atoms with E-state index in [1.807, 2.05) is 0 Å². The van der Waals surface area contributed by atoms with E-state index in [0.29, 0.717) is 0 Å². The van der Waals surface area contributed by atoms with Crippen LogP contribution < -0.4 is 0 Å². The molecule has 2 aliphatic heterocycles. The van der Waals surface area contributed by atoms with Gasteiger partial charge in [-0.15, -0.1) is 0 Å². The van der Waals surface area contributed by atoms with Crippen molar-refractivity contribution >= 4 is 0 Å². The average molecular weight is 160 g/mol. The molecule has 0 amide bonds. The molecule has 5 atom stereocenters. The van der Waals surface area contributed by atoms with E-state index in [0.717, 1.165) is 0 Å². The fourth-order valence-corrected chi connectivity index (χ4v) is 1.56. The first-order valence-corrected chi connectivity index (χ1v) is 3.84. The molecule has 0 saturated carbocycles. The van der Waals surface area contributed by atoms with Gasteiger partial charge in [0.05, 0.1) is 12.7 Å². The second kappa shape index (κ2) is 2.42. The molecule has 0 spiro atoms. The molecule has 2 fully saturated rings. The van der Waals surface area contributed by atoms with Crippen LogP contribution in [0, 0.1) is 0 Å². The van der Waals surface area contributed by atoms with Gasteiger partial charge in [0.25, 0.3) is 0 Å². The Morgan fingerprint density at radius 2 is 2.00 bits per heavy atom. The monoisotopic (exact) mass is 160 g/mol. The number of rotatable bonds is 1. The fraction of sp³-hybridized carbons (Fsp3) is 1.00. The topological polar surface area (TPSA) is 62.2 Å². The maximum absolute atomic E-state index is 9.37. The summed E-state index contributed by atoms with van der Waals surface area (Å²) in [6, 6.07) is 0. The molecule has 2 N–H and O–H groups in total. The van der Waals surface area contributed by atoms with Crippen LogP contribution in [0.15, 0.2) is 0 Å². The highest BCUT2D eigenvalue weighted by Crippen LogP contribution is 2.36. The summed E-state index contributed by atoms with van der Waals surface area (Å²) < 4.78 is 10.4. The Bertz CT molecular complexity index is 157. The summed E-state index contributed by atoms with van der Waals surface area (Å²) in [5, 5.41) is 18.2. The Labute approximate surface area is 64.7 Å². The van der Waals surface area contributed by atoms with Crippen LogP contribution >= 0.6 is 0 Å². The van der Waals surface area contributed by atoms with Crippen molar-refractivity contribution in [1.82, 2.24) is 0 Å². The number of hydrogen-bond donors (Lipinski definition) is 2. The molecule has 0 bridgehead atoms. The van der Waals surface area contributed by atoms with Crippen molar-refractivity contribution in [1.29, 1.82) is 0 Å². The maximum Gasteiger partial charge on any atom is 0.115 e. The predicted octanol–water partition coefficient (Wildman–Crippen LogP) is -1.11. The molecule has 2 heterocycles. The van der Waals surface area contributed by atoms with Gasteiger partial charge in [-0.3, -0.25) is 0 Å². The van der Waals surface area contributed by atoms with Gasteiger partial charge in [0, 0.05) is 0 Å². The van der Waals surface area contributed by atoms with E-state index >= 15 is 0 Å². The smallest absolute Gasteiger partial charge is 0.115 e. The maximum atomic E-state index is 9.37. The van der Waals surface area contributed by atoms with E-state index in [1.165, 1.54) is 0 Å². The first kappa shape index (κ1) is 7.49. The molecule has 11 heavy (non-hydrogen) atoms. The lowest BCUT2D eigenvalue weighted by atomic mass is 10.0. The van der Waals surface area contributed by atoms with Crippen LogP contribution in [0.2, 0.25) is 0 Å². The quantitative estimate of drug-likeness (QED) is 0.478. The zero-order valence-electron chi connectivity index (χ0n) is 6.30. The van der Waals surface area contributed by atoms with Gasteiger partial charge < -0.3 is 19.7 Å². The number of fused-ring (bicyclic) bond motifs is 1. The van der Waals surface area contributed by atoms with Gasteiger partial charge in [-0.1, -0.05) is 0 Å². The van der Waals surface area contributed by atoms with E-state index in [9.17, 15) is 5.11 Å². The minimum Gasteiger partial charge on any atom is -0.394 e. The molecule has 0 aromatic carbocycles. The third-order valence-corrected chi connectivity index (χ3v) is 2.31. The van der Waals surface area contributed by atoms with Gasteiger partial charge in [0.15, 0.2) is 0 Å². The summed E-state index contributed by atoms with van der Waals surface area (Å²) in [4.78, 5) is 0. The van der Waals surface area contributed by atoms with Crippen molar-refractivity contribution < 1.29 is 19.7 Å².